The van der Waals surface area contributed by atoms with E-state index in [-0.39, 0.29) is 12.1 Å². The highest BCUT2D eigenvalue weighted by molar-refractivity contribution is 5.59. The molecular formula is C14H4F7NO2. The van der Waals surface area contributed by atoms with E-state index < -0.39 is 52.2 Å². The maximum absolute atomic E-state index is 13.7. The molecule has 2 rings (SSSR count). The fourth-order valence-electron chi connectivity index (χ4n) is 1.67. The van der Waals surface area contributed by atoms with E-state index in [4.69, 9.17) is 0 Å². The number of ether oxygens (including phenoxy) is 1. The van der Waals surface area contributed by atoms with Gasteiger partial charge in [0.25, 0.3) is 0 Å². The summed E-state index contributed by atoms with van der Waals surface area (Å²) in [6.45, 7) is 0. The quantitative estimate of drug-likeness (QED) is 0.442. The van der Waals surface area contributed by atoms with E-state index in [0.29, 0.717) is 12.1 Å². The summed E-state index contributed by atoms with van der Waals surface area (Å²) in [7, 11) is 0. The number of benzene rings is 2. The number of hydrogen-bond acceptors (Lipinski definition) is 3. The summed E-state index contributed by atoms with van der Waals surface area (Å²) < 4.78 is 95.6. The third-order valence-corrected chi connectivity index (χ3v) is 2.71. The Hall–Kier alpha value is -2.87. The standard InChI is InChI=1S/C14H4F7NO2/c15-7-3-11(22-5-23)12(4-8(7)16)24-13-9(17)1-6(2-10(13)18)14(19,20)21/h1-4H. The minimum atomic E-state index is -5.00. The van der Waals surface area contributed by atoms with Gasteiger partial charge in [-0.25, -0.2) is 22.4 Å². The molecule has 0 fully saturated rings. The second-order valence-corrected chi connectivity index (χ2v) is 4.31. The van der Waals surface area contributed by atoms with E-state index in [9.17, 15) is 35.5 Å². The number of rotatable bonds is 3. The average Bonchev–Trinajstić information content (AvgIpc) is 2.46. The number of alkyl halides is 3. The number of nitrogens with zero attached hydrogens (tertiary/aromatic N) is 1. The summed E-state index contributed by atoms with van der Waals surface area (Å²) in [6.07, 6.45) is -4.02. The summed E-state index contributed by atoms with van der Waals surface area (Å²) in [5, 5.41) is 0. The maximum atomic E-state index is 13.7. The van der Waals surface area contributed by atoms with Crippen LogP contribution in [0.1, 0.15) is 5.56 Å². The van der Waals surface area contributed by atoms with Gasteiger partial charge < -0.3 is 4.74 Å². The van der Waals surface area contributed by atoms with Crippen LogP contribution >= 0.6 is 0 Å². The number of isocyanates is 1. The molecule has 3 nitrogen and oxygen atoms in total. The molecule has 0 unspecified atom stereocenters. The summed E-state index contributed by atoms with van der Waals surface area (Å²) in [6, 6.07) is 0.624. The second kappa shape index (κ2) is 6.32. The Balaban J connectivity index is 2.53. The zero-order chi connectivity index (χ0) is 18.1. The molecular weight excluding hydrogens is 347 g/mol. The molecule has 0 aromatic heterocycles. The molecule has 0 saturated heterocycles. The van der Waals surface area contributed by atoms with E-state index in [0.717, 1.165) is 6.08 Å². The van der Waals surface area contributed by atoms with Crippen LogP contribution in [0.4, 0.5) is 36.4 Å². The molecule has 126 valence electrons. The molecule has 0 aliphatic carbocycles. The van der Waals surface area contributed by atoms with Gasteiger partial charge in [-0.1, -0.05) is 0 Å². The highest BCUT2D eigenvalue weighted by Crippen LogP contribution is 2.38. The van der Waals surface area contributed by atoms with E-state index >= 15 is 0 Å². The molecule has 0 bridgehead atoms. The van der Waals surface area contributed by atoms with Crippen LogP contribution in [0.15, 0.2) is 29.3 Å². The lowest BCUT2D eigenvalue weighted by molar-refractivity contribution is -0.138. The van der Waals surface area contributed by atoms with Gasteiger partial charge in [-0.15, -0.1) is 0 Å². The third kappa shape index (κ3) is 3.54. The Bertz CT molecular complexity index is 819. The van der Waals surface area contributed by atoms with E-state index in [1.54, 1.807) is 0 Å². The first-order valence-corrected chi connectivity index (χ1v) is 5.94. The summed E-state index contributed by atoms with van der Waals surface area (Å²) in [5.41, 5.74) is -2.27. The molecule has 0 heterocycles. The second-order valence-electron chi connectivity index (χ2n) is 4.31. The van der Waals surface area contributed by atoms with Gasteiger partial charge in [-0.05, 0) is 12.1 Å². The van der Waals surface area contributed by atoms with Crippen LogP contribution in [0.2, 0.25) is 0 Å². The topological polar surface area (TPSA) is 38.7 Å². The fraction of sp³-hybridized carbons (Fsp3) is 0.0714. The van der Waals surface area contributed by atoms with Crippen LogP contribution in [0.3, 0.4) is 0 Å². The van der Waals surface area contributed by atoms with Crippen LogP contribution in [0.5, 0.6) is 11.5 Å². The van der Waals surface area contributed by atoms with Crippen molar-refractivity contribution < 1.29 is 40.3 Å². The number of aliphatic imine (C=N–C) groups is 1. The SMILES string of the molecule is O=C=Nc1cc(F)c(F)cc1Oc1c(F)cc(C(F)(F)F)cc1F. The summed E-state index contributed by atoms with van der Waals surface area (Å²) in [5.74, 6) is -8.53. The molecule has 2 aromatic rings. The molecule has 0 radical (unpaired) electrons. The van der Waals surface area contributed by atoms with Crippen molar-refractivity contribution in [3.8, 4) is 11.5 Å². The number of halogens is 7. The lowest BCUT2D eigenvalue weighted by Crippen LogP contribution is -2.07. The van der Waals surface area contributed by atoms with Gasteiger partial charge in [0, 0.05) is 12.1 Å². The Morgan fingerprint density at radius 3 is 1.92 bits per heavy atom. The highest BCUT2D eigenvalue weighted by atomic mass is 19.4. The molecule has 0 atom stereocenters. The van der Waals surface area contributed by atoms with Crippen LogP contribution in [-0.2, 0) is 11.0 Å². The molecule has 10 heteroatoms. The van der Waals surface area contributed by atoms with E-state index in [1.807, 2.05) is 0 Å². The Kier molecular flexibility index (Phi) is 4.61. The van der Waals surface area contributed by atoms with Gasteiger partial charge in [0.1, 0.15) is 5.69 Å². The minimum absolute atomic E-state index is 0.0407. The zero-order valence-corrected chi connectivity index (χ0v) is 11.2. The van der Waals surface area contributed by atoms with Crippen molar-refractivity contribution in [2.24, 2.45) is 4.99 Å². The smallest absolute Gasteiger partial charge is 0.416 e. The van der Waals surface area contributed by atoms with Crippen LogP contribution in [0.25, 0.3) is 0 Å². The van der Waals surface area contributed by atoms with Crippen molar-refractivity contribution in [1.29, 1.82) is 0 Å². The van der Waals surface area contributed by atoms with Crippen molar-refractivity contribution in [3.63, 3.8) is 0 Å². The minimum Gasteiger partial charge on any atom is -0.449 e. The van der Waals surface area contributed by atoms with Gasteiger partial charge in [0.15, 0.2) is 34.8 Å². The van der Waals surface area contributed by atoms with E-state index in [1.165, 1.54) is 0 Å². The highest BCUT2D eigenvalue weighted by Gasteiger charge is 2.33. The van der Waals surface area contributed by atoms with Crippen LogP contribution < -0.4 is 4.74 Å². The Labute approximate surface area is 129 Å². The van der Waals surface area contributed by atoms with Gasteiger partial charge in [0.2, 0.25) is 6.08 Å². The first kappa shape index (κ1) is 17.5. The first-order valence-electron chi connectivity index (χ1n) is 5.94. The molecule has 0 aliphatic heterocycles. The number of carbonyl (C=O) groups excluding carboxylic acids is 1. The van der Waals surface area contributed by atoms with Crippen molar-refractivity contribution in [1.82, 2.24) is 0 Å². The zero-order valence-electron chi connectivity index (χ0n) is 11.2. The lowest BCUT2D eigenvalue weighted by Gasteiger charge is -2.12. The number of hydrogen-bond donors (Lipinski definition) is 0. The molecule has 0 aliphatic rings. The lowest BCUT2D eigenvalue weighted by atomic mass is 10.2. The predicted octanol–water partition coefficient (Wildman–Crippen LogP) is 5.02. The van der Waals surface area contributed by atoms with Gasteiger partial charge >= 0.3 is 6.18 Å². The maximum Gasteiger partial charge on any atom is 0.416 e. The van der Waals surface area contributed by atoms with Crippen LogP contribution in [-0.4, -0.2) is 6.08 Å². The molecule has 0 N–H and O–H groups in total. The van der Waals surface area contributed by atoms with Crippen molar-refractivity contribution >= 4 is 11.8 Å². The molecule has 24 heavy (non-hydrogen) atoms. The van der Waals surface area contributed by atoms with Crippen molar-refractivity contribution in [2.75, 3.05) is 0 Å². The van der Waals surface area contributed by atoms with E-state index in [2.05, 4.69) is 9.73 Å². The molecule has 0 saturated carbocycles. The largest absolute Gasteiger partial charge is 0.449 e. The van der Waals surface area contributed by atoms with Gasteiger partial charge in [-0.3, -0.25) is 0 Å². The predicted molar refractivity (Wildman–Crippen MR) is 65.6 cm³/mol. The Morgan fingerprint density at radius 1 is 0.875 bits per heavy atom. The average molecular weight is 351 g/mol. The molecule has 0 amide bonds. The van der Waals surface area contributed by atoms with Gasteiger partial charge in [-0.2, -0.15) is 18.2 Å². The normalized spacial score (nSPS) is 11.1. The Morgan fingerprint density at radius 2 is 1.42 bits per heavy atom. The fourth-order valence-corrected chi connectivity index (χ4v) is 1.67. The molecule has 0 spiro atoms. The molecule has 2 aromatic carbocycles. The van der Waals surface area contributed by atoms with Gasteiger partial charge in [0.05, 0.1) is 5.56 Å². The third-order valence-electron chi connectivity index (χ3n) is 2.71. The van der Waals surface area contributed by atoms with Crippen molar-refractivity contribution in [2.45, 2.75) is 6.18 Å². The monoisotopic (exact) mass is 351 g/mol. The van der Waals surface area contributed by atoms with Crippen LogP contribution in [0, 0.1) is 23.3 Å². The first-order chi connectivity index (χ1) is 11.1. The summed E-state index contributed by atoms with van der Waals surface area (Å²) >= 11 is 0. The van der Waals surface area contributed by atoms with Crippen molar-refractivity contribution in [3.05, 3.63) is 53.1 Å². The summed E-state index contributed by atoms with van der Waals surface area (Å²) in [4.78, 5) is 13.2.